The summed E-state index contributed by atoms with van der Waals surface area (Å²) in [7, 11) is 0. The van der Waals surface area contributed by atoms with Crippen LogP contribution < -0.4 is 10.2 Å². The topological polar surface area (TPSA) is 28.2 Å². The van der Waals surface area contributed by atoms with Gasteiger partial charge in [-0.1, -0.05) is 18.5 Å². The smallest absolute Gasteiger partial charge is 0.143 e. The number of hydrogen-bond donors (Lipinski definition) is 1. The zero-order valence-electron chi connectivity index (χ0n) is 9.92. The summed E-state index contributed by atoms with van der Waals surface area (Å²) in [5, 5.41) is 4.07. The molecule has 1 N–H and O–H groups in total. The summed E-state index contributed by atoms with van der Waals surface area (Å²) in [5.41, 5.74) is 0. The maximum absolute atomic E-state index is 5.94. The van der Waals surface area contributed by atoms with Crippen molar-refractivity contribution in [2.24, 2.45) is 0 Å². The Morgan fingerprint density at radius 1 is 1.65 bits per heavy atom. The fraction of sp³-hybridized carbons (Fsp3) is 0.583. The zero-order chi connectivity index (χ0) is 12.3. The Balaban J connectivity index is 2.24. The third kappa shape index (κ3) is 3.12. The number of hydrogen-bond acceptors (Lipinski definition) is 3. The molecule has 1 aromatic rings. The fourth-order valence-corrected chi connectivity index (χ4v) is 3.09. The minimum absolute atomic E-state index is 0.542. The summed E-state index contributed by atoms with van der Waals surface area (Å²) in [4.78, 5) is 6.84. The second kappa shape index (κ2) is 6.03. The first kappa shape index (κ1) is 13.1. The molecule has 94 valence electrons. The molecule has 0 aliphatic carbocycles. The van der Waals surface area contributed by atoms with Gasteiger partial charge in [-0.3, -0.25) is 0 Å². The zero-order valence-corrected chi connectivity index (χ0v) is 12.3. The average molecular weight is 319 g/mol. The quantitative estimate of drug-likeness (QED) is 0.925. The second-order valence-electron chi connectivity index (χ2n) is 4.30. The first-order valence-corrected chi connectivity index (χ1v) is 7.18. The number of anilines is 1. The van der Waals surface area contributed by atoms with Crippen LogP contribution in [0.15, 0.2) is 16.7 Å². The van der Waals surface area contributed by atoms with Crippen molar-refractivity contribution in [3.05, 3.63) is 21.8 Å². The summed E-state index contributed by atoms with van der Waals surface area (Å²) >= 11 is 9.49. The van der Waals surface area contributed by atoms with Gasteiger partial charge < -0.3 is 10.2 Å². The predicted molar refractivity (Wildman–Crippen MR) is 75.9 cm³/mol. The highest BCUT2D eigenvalue weighted by Crippen LogP contribution is 2.29. The Bertz CT molecular complexity index is 380. The standard InChI is InChI=1S/C12H17BrClN3/c1-2-5-17(10-3-4-15-8-10)12-11(13)6-9(14)7-16-12/h6-7,10,15H,2-5,8H2,1H3. The Labute approximate surface area is 116 Å². The highest BCUT2D eigenvalue weighted by atomic mass is 79.9. The Hall–Kier alpha value is -0.320. The van der Waals surface area contributed by atoms with Crippen molar-refractivity contribution in [3.8, 4) is 0 Å². The van der Waals surface area contributed by atoms with Gasteiger partial charge in [-0.2, -0.15) is 0 Å². The van der Waals surface area contributed by atoms with Crippen LogP contribution in [0.3, 0.4) is 0 Å². The van der Waals surface area contributed by atoms with E-state index >= 15 is 0 Å². The van der Waals surface area contributed by atoms with E-state index in [-0.39, 0.29) is 0 Å². The molecular formula is C12H17BrClN3. The molecule has 0 saturated carbocycles. The summed E-state index contributed by atoms with van der Waals surface area (Å²) in [5.74, 6) is 1.00. The number of nitrogens with one attached hydrogen (secondary N) is 1. The molecule has 0 amide bonds. The number of aromatic nitrogens is 1. The number of rotatable bonds is 4. The molecule has 0 radical (unpaired) electrons. The van der Waals surface area contributed by atoms with Gasteiger partial charge >= 0.3 is 0 Å². The maximum Gasteiger partial charge on any atom is 0.143 e. The van der Waals surface area contributed by atoms with E-state index in [2.05, 4.69) is 38.1 Å². The third-order valence-electron chi connectivity index (χ3n) is 3.00. The average Bonchev–Trinajstić information content (AvgIpc) is 2.80. The lowest BCUT2D eigenvalue weighted by atomic mass is 10.2. The molecule has 0 bridgehead atoms. The maximum atomic E-state index is 5.94. The Morgan fingerprint density at radius 3 is 3.06 bits per heavy atom. The van der Waals surface area contributed by atoms with Crippen molar-refractivity contribution < 1.29 is 0 Å². The molecule has 1 aliphatic rings. The van der Waals surface area contributed by atoms with Gasteiger partial charge in [0.15, 0.2) is 0 Å². The first-order valence-electron chi connectivity index (χ1n) is 6.00. The monoisotopic (exact) mass is 317 g/mol. The normalized spacial score (nSPS) is 19.6. The summed E-state index contributed by atoms with van der Waals surface area (Å²) in [6.07, 6.45) is 4.01. The minimum atomic E-state index is 0.542. The van der Waals surface area contributed by atoms with E-state index in [9.17, 15) is 0 Å². The minimum Gasteiger partial charge on any atom is -0.351 e. The van der Waals surface area contributed by atoms with Gasteiger partial charge in [0.1, 0.15) is 5.82 Å². The largest absolute Gasteiger partial charge is 0.351 e. The molecule has 2 heterocycles. The van der Waals surface area contributed by atoms with Crippen LogP contribution in [-0.2, 0) is 0 Å². The van der Waals surface area contributed by atoms with E-state index < -0.39 is 0 Å². The molecule has 1 fully saturated rings. The molecule has 1 saturated heterocycles. The Morgan fingerprint density at radius 2 is 2.47 bits per heavy atom. The van der Waals surface area contributed by atoms with Crippen LogP contribution in [0.4, 0.5) is 5.82 Å². The molecule has 5 heteroatoms. The van der Waals surface area contributed by atoms with Crippen LogP contribution in [0.1, 0.15) is 19.8 Å². The molecule has 1 atom stereocenters. The molecule has 1 aromatic heterocycles. The van der Waals surface area contributed by atoms with Crippen molar-refractivity contribution in [3.63, 3.8) is 0 Å². The van der Waals surface area contributed by atoms with Crippen LogP contribution in [0, 0.1) is 0 Å². The van der Waals surface area contributed by atoms with Crippen molar-refractivity contribution in [2.75, 3.05) is 24.5 Å². The SMILES string of the molecule is CCCN(c1ncc(Cl)cc1Br)C1CCNC1. The highest BCUT2D eigenvalue weighted by molar-refractivity contribution is 9.10. The molecule has 1 unspecified atom stereocenters. The van der Waals surface area contributed by atoms with Gasteiger partial charge in [-0.05, 0) is 41.4 Å². The van der Waals surface area contributed by atoms with Crippen molar-refractivity contribution in [2.45, 2.75) is 25.8 Å². The van der Waals surface area contributed by atoms with Crippen LogP contribution in [0.2, 0.25) is 5.02 Å². The lowest BCUT2D eigenvalue weighted by Gasteiger charge is -2.30. The summed E-state index contributed by atoms with van der Waals surface area (Å²) < 4.78 is 0.977. The summed E-state index contributed by atoms with van der Waals surface area (Å²) in [6.45, 7) is 5.35. The van der Waals surface area contributed by atoms with E-state index in [1.807, 2.05) is 6.07 Å². The van der Waals surface area contributed by atoms with Crippen LogP contribution in [0.25, 0.3) is 0 Å². The van der Waals surface area contributed by atoms with E-state index in [0.717, 1.165) is 36.3 Å². The molecule has 3 nitrogen and oxygen atoms in total. The second-order valence-corrected chi connectivity index (χ2v) is 5.59. The van der Waals surface area contributed by atoms with Gasteiger partial charge in [0.25, 0.3) is 0 Å². The van der Waals surface area contributed by atoms with Crippen LogP contribution in [0.5, 0.6) is 0 Å². The fourth-order valence-electron chi connectivity index (χ4n) is 2.23. The Kier molecular flexibility index (Phi) is 4.65. The predicted octanol–water partition coefficient (Wildman–Crippen LogP) is 3.08. The van der Waals surface area contributed by atoms with Gasteiger partial charge in [0.2, 0.25) is 0 Å². The van der Waals surface area contributed by atoms with Gasteiger partial charge in [0.05, 0.1) is 9.50 Å². The van der Waals surface area contributed by atoms with E-state index in [0.29, 0.717) is 11.1 Å². The van der Waals surface area contributed by atoms with Gasteiger partial charge in [-0.25, -0.2) is 4.98 Å². The van der Waals surface area contributed by atoms with Gasteiger partial charge in [-0.15, -0.1) is 0 Å². The van der Waals surface area contributed by atoms with E-state index in [1.165, 1.54) is 6.42 Å². The van der Waals surface area contributed by atoms with Crippen LogP contribution >= 0.6 is 27.5 Å². The molecular weight excluding hydrogens is 302 g/mol. The number of halogens is 2. The lowest BCUT2D eigenvalue weighted by molar-refractivity contribution is 0.617. The molecule has 0 spiro atoms. The van der Waals surface area contributed by atoms with Crippen molar-refractivity contribution in [1.29, 1.82) is 0 Å². The highest BCUT2D eigenvalue weighted by Gasteiger charge is 2.24. The third-order valence-corrected chi connectivity index (χ3v) is 3.79. The van der Waals surface area contributed by atoms with Crippen molar-refractivity contribution >= 4 is 33.3 Å². The van der Waals surface area contributed by atoms with Gasteiger partial charge in [0, 0.05) is 25.3 Å². The molecule has 17 heavy (non-hydrogen) atoms. The van der Waals surface area contributed by atoms with Crippen LogP contribution in [-0.4, -0.2) is 30.7 Å². The van der Waals surface area contributed by atoms with E-state index in [1.54, 1.807) is 6.20 Å². The lowest BCUT2D eigenvalue weighted by Crippen LogP contribution is -2.38. The number of pyridine rings is 1. The molecule has 2 rings (SSSR count). The van der Waals surface area contributed by atoms with E-state index in [4.69, 9.17) is 11.6 Å². The van der Waals surface area contributed by atoms with Crippen molar-refractivity contribution in [1.82, 2.24) is 10.3 Å². The molecule has 0 aromatic carbocycles. The number of nitrogens with zero attached hydrogens (tertiary/aromatic N) is 2. The molecule has 1 aliphatic heterocycles. The summed E-state index contributed by atoms with van der Waals surface area (Å²) in [6, 6.07) is 2.45. The first-order chi connectivity index (χ1) is 8.22.